The number of fused-ring (bicyclic) bond motifs is 2. The first-order valence-electron chi connectivity index (χ1n) is 5.29. The predicted molar refractivity (Wildman–Crippen MR) is 58.7 cm³/mol. The van der Waals surface area contributed by atoms with Gasteiger partial charge in [0, 0.05) is 19.5 Å². The van der Waals surface area contributed by atoms with Gasteiger partial charge in [-0.25, -0.2) is 0 Å². The number of amides is 1. The molecule has 2 aliphatic heterocycles. The highest BCUT2D eigenvalue weighted by Gasteiger charge is 2.34. The predicted octanol–water partition coefficient (Wildman–Crippen LogP) is 1.90. The van der Waals surface area contributed by atoms with Gasteiger partial charge in [-0.2, -0.15) is 0 Å². The highest BCUT2D eigenvalue weighted by Crippen LogP contribution is 2.38. The molecule has 0 N–H and O–H groups in total. The molecule has 2 bridgehead atoms. The second-order valence-electron chi connectivity index (χ2n) is 4.32. The van der Waals surface area contributed by atoms with E-state index in [0.717, 1.165) is 6.54 Å². The summed E-state index contributed by atoms with van der Waals surface area (Å²) in [5.74, 6) is 0.553. The van der Waals surface area contributed by atoms with Gasteiger partial charge in [-0.1, -0.05) is 36.4 Å². The number of benzene rings is 1. The van der Waals surface area contributed by atoms with E-state index in [1.807, 2.05) is 18.0 Å². The lowest BCUT2D eigenvalue weighted by molar-refractivity contribution is -0.130. The molecule has 4 rings (SSSR count). The number of nitrogens with zero attached hydrogens (tertiary/aromatic N) is 1. The lowest BCUT2D eigenvalue weighted by Crippen LogP contribution is -2.29. The summed E-state index contributed by atoms with van der Waals surface area (Å²) in [6, 6.07) is 8.29. The zero-order valence-electron chi connectivity index (χ0n) is 8.68. The van der Waals surface area contributed by atoms with Crippen LogP contribution in [0.2, 0.25) is 0 Å². The summed E-state index contributed by atoms with van der Waals surface area (Å²) in [4.78, 5) is 13.9. The average molecular weight is 199 g/mol. The van der Waals surface area contributed by atoms with Crippen molar-refractivity contribution >= 4 is 5.91 Å². The summed E-state index contributed by atoms with van der Waals surface area (Å²) in [6.45, 7) is 0.808. The summed E-state index contributed by atoms with van der Waals surface area (Å²) in [7, 11) is 1.89. The highest BCUT2D eigenvalue weighted by atomic mass is 16.2. The van der Waals surface area contributed by atoms with Crippen LogP contribution in [0.3, 0.4) is 0 Å². The van der Waals surface area contributed by atoms with Gasteiger partial charge in [0.15, 0.2) is 0 Å². The van der Waals surface area contributed by atoms with Gasteiger partial charge in [0.25, 0.3) is 0 Å². The lowest BCUT2D eigenvalue weighted by atomic mass is 9.83. The molecule has 1 aromatic carbocycles. The van der Waals surface area contributed by atoms with Gasteiger partial charge >= 0.3 is 0 Å². The van der Waals surface area contributed by atoms with E-state index < -0.39 is 0 Å². The minimum Gasteiger partial charge on any atom is -0.344 e. The maximum Gasteiger partial charge on any atom is 0.233 e. The van der Waals surface area contributed by atoms with E-state index >= 15 is 0 Å². The molecule has 0 fully saturated rings. The Morgan fingerprint density at radius 1 is 1.20 bits per heavy atom. The van der Waals surface area contributed by atoms with Crippen LogP contribution in [-0.2, 0) is 4.79 Å². The van der Waals surface area contributed by atoms with Gasteiger partial charge in [0.1, 0.15) is 0 Å². The van der Waals surface area contributed by atoms with E-state index in [-0.39, 0.29) is 11.8 Å². The zero-order chi connectivity index (χ0) is 10.4. The number of carbonyl (C=O) groups excluding carboxylic acids is 1. The molecule has 15 heavy (non-hydrogen) atoms. The Balaban J connectivity index is 2.21. The molecule has 3 aliphatic rings. The largest absolute Gasteiger partial charge is 0.344 e. The highest BCUT2D eigenvalue weighted by molar-refractivity contribution is 5.87. The standard InChI is InChI=1S/C13H13NO/c1-14-8-9-6-7-12(13(14)15)11-5-3-2-4-10(9)11/h2-7,9,12H,8H2,1H3. The SMILES string of the molecule is CN1CC2C=CC(C1=O)c1ccccc12. The number of hydrogen-bond donors (Lipinski definition) is 0. The van der Waals surface area contributed by atoms with E-state index in [1.54, 1.807) is 0 Å². The van der Waals surface area contributed by atoms with Crippen LogP contribution in [0.25, 0.3) is 0 Å². The molecule has 2 atom stereocenters. The van der Waals surface area contributed by atoms with Gasteiger partial charge in [0.2, 0.25) is 5.91 Å². The van der Waals surface area contributed by atoms with Crippen LogP contribution in [-0.4, -0.2) is 24.4 Å². The van der Waals surface area contributed by atoms with Crippen LogP contribution in [0.1, 0.15) is 23.0 Å². The molecule has 76 valence electrons. The second kappa shape index (κ2) is 2.96. The first kappa shape index (κ1) is 8.72. The quantitative estimate of drug-likeness (QED) is 0.584. The van der Waals surface area contributed by atoms with Gasteiger partial charge in [0.05, 0.1) is 5.92 Å². The van der Waals surface area contributed by atoms with Crippen LogP contribution in [0.4, 0.5) is 0 Å². The molecule has 0 spiro atoms. The van der Waals surface area contributed by atoms with Gasteiger partial charge < -0.3 is 4.90 Å². The molecule has 2 unspecified atom stereocenters. The lowest BCUT2D eigenvalue weighted by Gasteiger charge is -2.19. The fourth-order valence-electron chi connectivity index (χ4n) is 2.58. The molecule has 2 heteroatoms. The number of carbonyl (C=O) groups is 1. The van der Waals surface area contributed by atoms with Gasteiger partial charge in [-0.05, 0) is 11.1 Å². The van der Waals surface area contributed by atoms with Crippen molar-refractivity contribution in [2.45, 2.75) is 11.8 Å². The monoisotopic (exact) mass is 199 g/mol. The Hall–Kier alpha value is -1.57. The normalized spacial score (nSPS) is 27.8. The van der Waals surface area contributed by atoms with E-state index in [4.69, 9.17) is 0 Å². The van der Waals surface area contributed by atoms with E-state index in [2.05, 4.69) is 30.4 Å². The Morgan fingerprint density at radius 2 is 1.93 bits per heavy atom. The van der Waals surface area contributed by atoms with E-state index in [1.165, 1.54) is 11.1 Å². The molecule has 0 saturated carbocycles. The number of rotatable bonds is 0. The molecule has 0 radical (unpaired) electrons. The summed E-state index contributed by atoms with van der Waals surface area (Å²) >= 11 is 0. The minimum atomic E-state index is -0.0510. The van der Waals surface area contributed by atoms with Crippen molar-refractivity contribution in [3.8, 4) is 0 Å². The fraction of sp³-hybridized carbons (Fsp3) is 0.308. The molecule has 1 aromatic rings. The van der Waals surface area contributed by atoms with Crippen LogP contribution in [0, 0.1) is 0 Å². The Labute approximate surface area is 89.2 Å². The topological polar surface area (TPSA) is 20.3 Å². The van der Waals surface area contributed by atoms with E-state index in [9.17, 15) is 4.79 Å². The van der Waals surface area contributed by atoms with Gasteiger partial charge in [-0.3, -0.25) is 4.79 Å². The van der Waals surface area contributed by atoms with Crippen molar-refractivity contribution in [3.05, 3.63) is 47.5 Å². The third-order valence-corrected chi connectivity index (χ3v) is 3.38. The van der Waals surface area contributed by atoms with Crippen LogP contribution in [0.15, 0.2) is 36.4 Å². The van der Waals surface area contributed by atoms with Crippen molar-refractivity contribution in [1.29, 1.82) is 0 Å². The maximum absolute atomic E-state index is 12.0. The summed E-state index contributed by atoms with van der Waals surface area (Å²) in [5, 5.41) is 0. The van der Waals surface area contributed by atoms with Crippen LogP contribution in [0.5, 0.6) is 0 Å². The minimum absolute atomic E-state index is 0.0510. The summed E-state index contributed by atoms with van der Waals surface area (Å²) < 4.78 is 0. The molecular formula is C13H13NO. The first-order valence-corrected chi connectivity index (χ1v) is 5.29. The van der Waals surface area contributed by atoms with Crippen LogP contribution < -0.4 is 0 Å². The molecule has 2 nitrogen and oxygen atoms in total. The third kappa shape index (κ3) is 1.14. The molecule has 0 saturated heterocycles. The van der Waals surface area contributed by atoms with Crippen molar-refractivity contribution in [2.75, 3.05) is 13.6 Å². The van der Waals surface area contributed by atoms with Crippen molar-refractivity contribution in [2.24, 2.45) is 0 Å². The molecule has 2 heterocycles. The van der Waals surface area contributed by atoms with Crippen molar-refractivity contribution in [1.82, 2.24) is 4.90 Å². The Kier molecular flexibility index (Phi) is 1.72. The zero-order valence-corrected chi connectivity index (χ0v) is 8.68. The average Bonchev–Trinajstić information content (AvgIpc) is 2.46. The Bertz CT molecular complexity index is 450. The second-order valence-corrected chi connectivity index (χ2v) is 4.32. The maximum atomic E-state index is 12.0. The molecule has 1 aliphatic carbocycles. The molecular weight excluding hydrogens is 186 g/mol. The first-order chi connectivity index (χ1) is 7.27. The molecule has 0 aromatic heterocycles. The number of hydrogen-bond acceptors (Lipinski definition) is 1. The smallest absolute Gasteiger partial charge is 0.233 e. The summed E-state index contributed by atoms with van der Waals surface area (Å²) in [5.41, 5.74) is 2.52. The number of likely N-dealkylation sites (N-methyl/N-ethyl adjacent to an activating group) is 1. The van der Waals surface area contributed by atoms with Gasteiger partial charge in [-0.15, -0.1) is 0 Å². The Morgan fingerprint density at radius 3 is 2.73 bits per heavy atom. The van der Waals surface area contributed by atoms with Crippen molar-refractivity contribution in [3.63, 3.8) is 0 Å². The molecule has 1 amide bonds. The van der Waals surface area contributed by atoms with Crippen molar-refractivity contribution < 1.29 is 4.79 Å². The van der Waals surface area contributed by atoms with Crippen LogP contribution >= 0.6 is 0 Å². The summed E-state index contributed by atoms with van der Waals surface area (Å²) in [6.07, 6.45) is 4.23. The van der Waals surface area contributed by atoms with E-state index in [0.29, 0.717) is 5.92 Å². The fourth-order valence-corrected chi connectivity index (χ4v) is 2.58. The third-order valence-electron chi connectivity index (χ3n) is 3.38.